The van der Waals surface area contributed by atoms with Crippen molar-refractivity contribution in [1.29, 1.82) is 0 Å². The smallest absolute Gasteiger partial charge is 0.0537 e. The molecule has 0 spiro atoms. The summed E-state index contributed by atoms with van der Waals surface area (Å²) < 4.78 is 3.56. The van der Waals surface area contributed by atoms with E-state index in [9.17, 15) is 0 Å². The molecular weight excluding hydrogens is 396 g/mol. The van der Waals surface area contributed by atoms with Gasteiger partial charge in [0.05, 0.1) is 5.52 Å². The van der Waals surface area contributed by atoms with Gasteiger partial charge in [-0.25, -0.2) is 0 Å². The predicted molar refractivity (Wildman–Crippen MR) is 116 cm³/mol. The first kappa shape index (κ1) is 15.3. The summed E-state index contributed by atoms with van der Waals surface area (Å²) in [6, 6.07) is 26.1. The van der Waals surface area contributed by atoms with Gasteiger partial charge in [0.2, 0.25) is 0 Å². The highest BCUT2D eigenvalue weighted by molar-refractivity contribution is 9.10. The van der Waals surface area contributed by atoms with E-state index in [1.54, 1.807) is 0 Å². The van der Waals surface area contributed by atoms with E-state index in [-0.39, 0.29) is 0 Å². The van der Waals surface area contributed by atoms with E-state index in [1.165, 1.54) is 50.0 Å². The largest absolute Gasteiger partial charge is 0.358 e. The molecule has 0 amide bonds. The number of hydrogen-bond acceptors (Lipinski definition) is 0. The van der Waals surface area contributed by atoms with Gasteiger partial charge in [-0.3, -0.25) is 0 Å². The van der Waals surface area contributed by atoms with Crippen molar-refractivity contribution < 1.29 is 0 Å². The number of aromatic nitrogens is 2. The lowest BCUT2D eigenvalue weighted by molar-refractivity contribution is 0.850. The van der Waals surface area contributed by atoms with Crippen molar-refractivity contribution in [2.45, 2.75) is 12.8 Å². The molecule has 2 heterocycles. The van der Waals surface area contributed by atoms with Crippen LogP contribution in [0.15, 0.2) is 77.3 Å². The van der Waals surface area contributed by atoms with Gasteiger partial charge >= 0.3 is 0 Å². The molecule has 3 aromatic carbocycles. The van der Waals surface area contributed by atoms with Crippen LogP contribution in [0.5, 0.6) is 0 Å². The van der Waals surface area contributed by atoms with Crippen LogP contribution >= 0.6 is 15.9 Å². The number of benzene rings is 3. The van der Waals surface area contributed by atoms with Crippen molar-refractivity contribution in [3.8, 4) is 16.8 Å². The number of aromatic amines is 1. The Kier molecular flexibility index (Phi) is 3.18. The molecule has 130 valence electrons. The molecule has 27 heavy (non-hydrogen) atoms. The Labute approximate surface area is 165 Å². The van der Waals surface area contributed by atoms with Crippen LogP contribution in [0, 0.1) is 0 Å². The van der Waals surface area contributed by atoms with Crippen molar-refractivity contribution in [1.82, 2.24) is 9.55 Å². The maximum atomic E-state index is 3.67. The topological polar surface area (TPSA) is 20.7 Å². The molecule has 1 N–H and O–H groups in total. The maximum Gasteiger partial charge on any atom is 0.0537 e. The second-order valence-electron chi connectivity index (χ2n) is 7.18. The van der Waals surface area contributed by atoms with Crippen LogP contribution in [0.4, 0.5) is 0 Å². The fourth-order valence-electron chi connectivity index (χ4n) is 4.62. The summed E-state index contributed by atoms with van der Waals surface area (Å²) in [7, 11) is 0. The molecule has 0 bridgehead atoms. The average Bonchev–Trinajstić information content (AvgIpc) is 3.23. The normalized spacial score (nSPS) is 13.1. The number of halogens is 1. The van der Waals surface area contributed by atoms with Gasteiger partial charge in [0.25, 0.3) is 0 Å². The van der Waals surface area contributed by atoms with Crippen LogP contribution in [-0.4, -0.2) is 9.55 Å². The molecule has 0 unspecified atom stereocenters. The number of hydrogen-bond donors (Lipinski definition) is 1. The summed E-state index contributed by atoms with van der Waals surface area (Å²) in [4.78, 5) is 3.67. The Morgan fingerprint density at radius 1 is 0.778 bits per heavy atom. The van der Waals surface area contributed by atoms with Crippen LogP contribution in [0.1, 0.15) is 11.4 Å². The number of nitrogens with one attached hydrogen (secondary N) is 1. The summed E-state index contributed by atoms with van der Waals surface area (Å²) in [5.74, 6) is 0. The Morgan fingerprint density at radius 3 is 2.48 bits per heavy atom. The summed E-state index contributed by atoms with van der Waals surface area (Å²) >= 11 is 3.61. The Morgan fingerprint density at radius 2 is 1.59 bits per heavy atom. The molecule has 5 aromatic rings. The first-order chi connectivity index (χ1) is 13.3. The quantitative estimate of drug-likeness (QED) is 0.318. The van der Waals surface area contributed by atoms with Crippen LogP contribution in [-0.2, 0) is 12.8 Å². The van der Waals surface area contributed by atoms with Gasteiger partial charge in [-0.05, 0) is 43.2 Å². The number of aryl methyl sites for hydroxylation is 1. The third-order valence-electron chi connectivity index (χ3n) is 5.69. The van der Waals surface area contributed by atoms with Crippen LogP contribution in [0.2, 0.25) is 0 Å². The van der Waals surface area contributed by atoms with Crippen LogP contribution < -0.4 is 0 Å². The van der Waals surface area contributed by atoms with Crippen molar-refractivity contribution in [2.24, 2.45) is 0 Å². The Balaban J connectivity index is 1.77. The highest BCUT2D eigenvalue weighted by atomic mass is 79.9. The van der Waals surface area contributed by atoms with E-state index in [0.717, 1.165) is 17.3 Å². The molecule has 0 fully saturated rings. The van der Waals surface area contributed by atoms with Crippen LogP contribution in [0.25, 0.3) is 38.6 Å². The summed E-state index contributed by atoms with van der Waals surface area (Å²) in [6.45, 7) is 0. The zero-order valence-electron chi connectivity index (χ0n) is 14.7. The predicted octanol–water partition coefficient (Wildman–Crippen LogP) is 6.64. The first-order valence-electron chi connectivity index (χ1n) is 9.29. The molecule has 1 aliphatic rings. The minimum absolute atomic E-state index is 1.04. The maximum absolute atomic E-state index is 3.67. The van der Waals surface area contributed by atoms with E-state index < -0.39 is 0 Å². The van der Waals surface area contributed by atoms with Crippen molar-refractivity contribution >= 4 is 37.7 Å². The number of para-hydroxylation sites is 2. The molecule has 1 aliphatic carbocycles. The fraction of sp³-hybridized carbons (Fsp3) is 0.0833. The van der Waals surface area contributed by atoms with Gasteiger partial charge in [0.1, 0.15) is 0 Å². The van der Waals surface area contributed by atoms with E-state index >= 15 is 0 Å². The van der Waals surface area contributed by atoms with Crippen molar-refractivity contribution in [2.75, 3.05) is 0 Å². The molecule has 6 rings (SSSR count). The number of rotatable bonds is 1. The standard InChI is InChI=1S/C24H17BrN2/c25-15-10-11-17-20(14-15)26-19-12-13-22-24(23(17)19)18-8-4-5-9-21(18)27(22)16-6-2-1-3-7-16/h1-11,14,26H,12-13H2. The molecule has 0 saturated heterocycles. The highest BCUT2D eigenvalue weighted by Crippen LogP contribution is 2.45. The number of H-pyrrole nitrogens is 1. The van der Waals surface area contributed by atoms with Gasteiger partial charge in [-0.2, -0.15) is 0 Å². The summed E-state index contributed by atoms with van der Waals surface area (Å²) in [5.41, 5.74) is 9.27. The zero-order chi connectivity index (χ0) is 18.0. The van der Waals surface area contributed by atoms with Crippen molar-refractivity contribution in [3.63, 3.8) is 0 Å². The third-order valence-corrected chi connectivity index (χ3v) is 6.18. The molecule has 2 aromatic heterocycles. The minimum Gasteiger partial charge on any atom is -0.358 e. The fourth-order valence-corrected chi connectivity index (χ4v) is 4.98. The molecular formula is C24H17BrN2. The average molecular weight is 413 g/mol. The molecule has 0 radical (unpaired) electrons. The monoisotopic (exact) mass is 412 g/mol. The van der Waals surface area contributed by atoms with Gasteiger partial charge < -0.3 is 9.55 Å². The lowest BCUT2D eigenvalue weighted by Gasteiger charge is -2.17. The molecule has 0 aliphatic heterocycles. The highest BCUT2D eigenvalue weighted by Gasteiger charge is 2.27. The van der Waals surface area contributed by atoms with Gasteiger partial charge in [0, 0.05) is 49.0 Å². The van der Waals surface area contributed by atoms with E-state index in [0.29, 0.717) is 0 Å². The van der Waals surface area contributed by atoms with Gasteiger partial charge in [-0.1, -0.05) is 58.4 Å². The lowest BCUT2D eigenvalue weighted by Crippen LogP contribution is -2.07. The molecule has 0 atom stereocenters. The minimum atomic E-state index is 1.04. The van der Waals surface area contributed by atoms with E-state index in [4.69, 9.17) is 0 Å². The second kappa shape index (κ2) is 5.61. The Hall–Kier alpha value is -2.78. The first-order valence-corrected chi connectivity index (χ1v) is 10.1. The van der Waals surface area contributed by atoms with Gasteiger partial charge in [0.15, 0.2) is 0 Å². The number of nitrogens with zero attached hydrogens (tertiary/aromatic N) is 1. The lowest BCUT2D eigenvalue weighted by atomic mass is 9.91. The van der Waals surface area contributed by atoms with E-state index in [1.807, 2.05) is 0 Å². The second-order valence-corrected chi connectivity index (χ2v) is 8.09. The number of fused-ring (bicyclic) bond motifs is 7. The summed E-state index contributed by atoms with van der Waals surface area (Å²) in [5, 5.41) is 2.64. The molecule has 2 nitrogen and oxygen atoms in total. The Bertz CT molecular complexity index is 1330. The van der Waals surface area contributed by atoms with Gasteiger partial charge in [-0.15, -0.1) is 0 Å². The van der Waals surface area contributed by atoms with E-state index in [2.05, 4.69) is 98.3 Å². The molecule has 3 heteroatoms. The SMILES string of the molecule is Brc1ccc2c3c([nH]c2c1)CCc1c-3c2ccccc2n1-c1ccccc1. The zero-order valence-corrected chi connectivity index (χ0v) is 16.3. The van der Waals surface area contributed by atoms with Crippen LogP contribution in [0.3, 0.4) is 0 Å². The third kappa shape index (κ3) is 2.12. The summed E-state index contributed by atoms with van der Waals surface area (Å²) in [6.07, 6.45) is 2.08. The van der Waals surface area contributed by atoms with Crippen molar-refractivity contribution in [3.05, 3.63) is 88.7 Å². The molecule has 0 saturated carbocycles.